The van der Waals surface area contributed by atoms with E-state index in [9.17, 15) is 14.0 Å². The maximum atomic E-state index is 14.3. The fraction of sp³-hybridized carbons (Fsp3) is 0.0455. The lowest BCUT2D eigenvalue weighted by molar-refractivity contribution is 0.101. The van der Waals surface area contributed by atoms with Gasteiger partial charge in [-0.05, 0) is 48.5 Å². The summed E-state index contributed by atoms with van der Waals surface area (Å²) in [4.78, 5) is 25.0. The van der Waals surface area contributed by atoms with Crippen LogP contribution in [-0.2, 0) is 0 Å². The van der Waals surface area contributed by atoms with Crippen LogP contribution in [0, 0.1) is 17.1 Å². The van der Waals surface area contributed by atoms with Crippen molar-refractivity contribution in [1.29, 1.82) is 5.26 Å². The fourth-order valence-corrected chi connectivity index (χ4v) is 2.62. The average Bonchev–Trinajstić information content (AvgIpc) is 2.75. The summed E-state index contributed by atoms with van der Waals surface area (Å²) in [5.74, 6) is -1.39. The van der Waals surface area contributed by atoms with Crippen molar-refractivity contribution < 1.29 is 18.7 Å². The molecule has 0 atom stereocenters. The predicted octanol–water partition coefficient (Wildman–Crippen LogP) is 4.21. The number of benzene rings is 3. The molecule has 0 radical (unpaired) electrons. The first-order chi connectivity index (χ1) is 14.0. The number of rotatable bonds is 5. The zero-order valence-corrected chi connectivity index (χ0v) is 15.4. The van der Waals surface area contributed by atoms with E-state index in [1.807, 2.05) is 0 Å². The molecule has 144 valence electrons. The largest absolute Gasteiger partial charge is 0.497 e. The Morgan fingerprint density at radius 3 is 2.10 bits per heavy atom. The SMILES string of the molecule is COc1ccc(C(=O)Nc2ccccc2NC(=O)c2cccc(C#N)c2F)cc1. The highest BCUT2D eigenvalue weighted by Crippen LogP contribution is 2.24. The number of nitrogens with one attached hydrogen (secondary N) is 2. The number of ether oxygens (including phenoxy) is 1. The molecule has 0 unspecified atom stereocenters. The fourth-order valence-electron chi connectivity index (χ4n) is 2.62. The Labute approximate surface area is 166 Å². The van der Waals surface area contributed by atoms with Gasteiger partial charge in [0.05, 0.1) is 29.6 Å². The predicted molar refractivity (Wildman–Crippen MR) is 106 cm³/mol. The van der Waals surface area contributed by atoms with Crippen molar-refractivity contribution in [1.82, 2.24) is 0 Å². The van der Waals surface area contributed by atoms with Crippen molar-refractivity contribution in [3.63, 3.8) is 0 Å². The summed E-state index contributed by atoms with van der Waals surface area (Å²) in [5, 5.41) is 14.2. The quantitative estimate of drug-likeness (QED) is 0.684. The monoisotopic (exact) mass is 389 g/mol. The lowest BCUT2D eigenvalue weighted by Gasteiger charge is -2.13. The van der Waals surface area contributed by atoms with Gasteiger partial charge in [-0.3, -0.25) is 9.59 Å². The minimum Gasteiger partial charge on any atom is -0.497 e. The lowest BCUT2D eigenvalue weighted by atomic mass is 10.1. The Balaban J connectivity index is 1.81. The molecule has 3 aromatic rings. The number of anilines is 2. The van der Waals surface area contributed by atoms with Crippen LogP contribution in [0.1, 0.15) is 26.3 Å². The molecule has 29 heavy (non-hydrogen) atoms. The van der Waals surface area contributed by atoms with E-state index >= 15 is 0 Å². The molecule has 0 saturated carbocycles. The first-order valence-electron chi connectivity index (χ1n) is 8.58. The third kappa shape index (κ3) is 4.39. The van der Waals surface area contributed by atoms with Crippen molar-refractivity contribution in [3.8, 4) is 11.8 Å². The Hall–Kier alpha value is -4.18. The van der Waals surface area contributed by atoms with E-state index in [0.29, 0.717) is 22.7 Å². The normalized spacial score (nSPS) is 9.97. The molecule has 7 heteroatoms. The Kier molecular flexibility index (Phi) is 5.85. The molecule has 0 aromatic heterocycles. The van der Waals surface area contributed by atoms with Crippen molar-refractivity contribution in [2.75, 3.05) is 17.7 Å². The Morgan fingerprint density at radius 1 is 0.897 bits per heavy atom. The van der Waals surface area contributed by atoms with E-state index in [4.69, 9.17) is 10.00 Å². The van der Waals surface area contributed by atoms with Gasteiger partial charge < -0.3 is 15.4 Å². The molecule has 2 N–H and O–H groups in total. The van der Waals surface area contributed by atoms with Crippen molar-refractivity contribution in [3.05, 3.63) is 89.2 Å². The van der Waals surface area contributed by atoms with Crippen LogP contribution in [0.2, 0.25) is 0 Å². The number of carbonyl (C=O) groups is 2. The molecule has 3 aromatic carbocycles. The number of carbonyl (C=O) groups excluding carboxylic acids is 2. The highest BCUT2D eigenvalue weighted by atomic mass is 19.1. The number of nitriles is 1. The van der Waals surface area contributed by atoms with Gasteiger partial charge in [0.25, 0.3) is 11.8 Å². The zero-order chi connectivity index (χ0) is 20.8. The molecule has 3 rings (SSSR count). The van der Waals surface area contributed by atoms with E-state index < -0.39 is 11.7 Å². The van der Waals surface area contributed by atoms with E-state index in [-0.39, 0.29) is 17.0 Å². The van der Waals surface area contributed by atoms with Gasteiger partial charge in [-0.2, -0.15) is 5.26 Å². The van der Waals surface area contributed by atoms with Crippen LogP contribution in [0.25, 0.3) is 0 Å². The van der Waals surface area contributed by atoms with Gasteiger partial charge in [-0.25, -0.2) is 4.39 Å². The third-order valence-electron chi connectivity index (χ3n) is 4.14. The molecular weight excluding hydrogens is 373 g/mol. The molecule has 0 saturated heterocycles. The van der Waals surface area contributed by atoms with Crippen LogP contribution in [-0.4, -0.2) is 18.9 Å². The zero-order valence-electron chi connectivity index (χ0n) is 15.4. The van der Waals surface area contributed by atoms with Gasteiger partial charge in [0.1, 0.15) is 11.8 Å². The summed E-state index contributed by atoms with van der Waals surface area (Å²) in [6.45, 7) is 0. The van der Waals surface area contributed by atoms with E-state index in [0.717, 1.165) is 0 Å². The summed E-state index contributed by atoms with van der Waals surface area (Å²) in [6.07, 6.45) is 0. The second-order valence-electron chi connectivity index (χ2n) is 5.96. The maximum absolute atomic E-state index is 14.3. The molecule has 0 bridgehead atoms. The van der Waals surface area contributed by atoms with Gasteiger partial charge in [-0.15, -0.1) is 0 Å². The van der Waals surface area contributed by atoms with Crippen LogP contribution in [0.15, 0.2) is 66.7 Å². The number of para-hydroxylation sites is 2. The summed E-state index contributed by atoms with van der Waals surface area (Å²) in [6, 6.07) is 18.8. The van der Waals surface area contributed by atoms with Crippen LogP contribution in [0.5, 0.6) is 5.75 Å². The summed E-state index contributed by atoms with van der Waals surface area (Å²) in [5.41, 5.74) is 0.554. The van der Waals surface area contributed by atoms with Gasteiger partial charge in [-0.1, -0.05) is 18.2 Å². The van der Waals surface area contributed by atoms with E-state index in [1.165, 1.54) is 25.3 Å². The lowest BCUT2D eigenvalue weighted by Crippen LogP contribution is -2.18. The number of nitrogens with zero attached hydrogens (tertiary/aromatic N) is 1. The van der Waals surface area contributed by atoms with Gasteiger partial charge >= 0.3 is 0 Å². The summed E-state index contributed by atoms with van der Waals surface area (Å²) in [7, 11) is 1.53. The first kappa shape index (κ1) is 19.6. The van der Waals surface area contributed by atoms with E-state index in [1.54, 1.807) is 54.6 Å². The minimum atomic E-state index is -0.896. The number of halogens is 1. The molecule has 0 aliphatic rings. The second kappa shape index (κ2) is 8.67. The van der Waals surface area contributed by atoms with Gasteiger partial charge in [0.2, 0.25) is 0 Å². The van der Waals surface area contributed by atoms with Crippen LogP contribution < -0.4 is 15.4 Å². The average molecular weight is 389 g/mol. The summed E-state index contributed by atoms with van der Waals surface area (Å²) >= 11 is 0. The maximum Gasteiger partial charge on any atom is 0.258 e. The Morgan fingerprint density at radius 2 is 1.52 bits per heavy atom. The van der Waals surface area contributed by atoms with E-state index in [2.05, 4.69) is 10.6 Å². The molecule has 0 heterocycles. The number of amides is 2. The molecule has 6 nitrogen and oxygen atoms in total. The highest BCUT2D eigenvalue weighted by Gasteiger charge is 2.17. The highest BCUT2D eigenvalue weighted by molar-refractivity contribution is 6.10. The molecular formula is C22H16FN3O3. The number of hydrogen-bond donors (Lipinski definition) is 2. The minimum absolute atomic E-state index is 0.223. The smallest absolute Gasteiger partial charge is 0.258 e. The number of methoxy groups -OCH3 is 1. The van der Waals surface area contributed by atoms with Crippen LogP contribution in [0.4, 0.5) is 15.8 Å². The molecule has 2 amide bonds. The topological polar surface area (TPSA) is 91.2 Å². The summed E-state index contributed by atoms with van der Waals surface area (Å²) < 4.78 is 19.3. The second-order valence-corrected chi connectivity index (χ2v) is 5.96. The molecule has 0 fully saturated rings. The molecule has 0 aliphatic carbocycles. The van der Waals surface area contributed by atoms with Crippen molar-refractivity contribution >= 4 is 23.2 Å². The van der Waals surface area contributed by atoms with Crippen molar-refractivity contribution in [2.24, 2.45) is 0 Å². The third-order valence-corrected chi connectivity index (χ3v) is 4.14. The van der Waals surface area contributed by atoms with Crippen LogP contribution >= 0.6 is 0 Å². The first-order valence-corrected chi connectivity index (χ1v) is 8.58. The van der Waals surface area contributed by atoms with Gasteiger partial charge in [0, 0.05) is 5.56 Å². The molecule has 0 aliphatic heterocycles. The number of hydrogen-bond acceptors (Lipinski definition) is 4. The molecule has 0 spiro atoms. The van der Waals surface area contributed by atoms with Gasteiger partial charge in [0.15, 0.2) is 5.82 Å². The Bertz CT molecular complexity index is 1110. The van der Waals surface area contributed by atoms with Crippen molar-refractivity contribution in [2.45, 2.75) is 0 Å². The standard InChI is InChI=1S/C22H16FN3O3/c1-29-16-11-9-14(10-12-16)21(27)25-18-7-2-3-8-19(18)26-22(28)17-6-4-5-15(13-24)20(17)23/h2-12H,1H3,(H,25,27)(H,26,28). The van der Waals surface area contributed by atoms with Crippen LogP contribution in [0.3, 0.4) is 0 Å².